The van der Waals surface area contributed by atoms with E-state index in [0.717, 1.165) is 11.7 Å². The van der Waals surface area contributed by atoms with Gasteiger partial charge in [-0.1, -0.05) is 6.07 Å². The molecule has 1 saturated carbocycles. The van der Waals surface area contributed by atoms with Gasteiger partial charge in [-0.05, 0) is 74.6 Å². The predicted octanol–water partition coefficient (Wildman–Crippen LogP) is 3.37. The van der Waals surface area contributed by atoms with E-state index in [1.54, 1.807) is 7.11 Å². The molecule has 2 rings (SSSR count). The highest BCUT2D eigenvalue weighted by molar-refractivity contribution is 5.41. The molecule has 100 valence electrons. The largest absolute Gasteiger partial charge is 0.496 e. The molecule has 0 atom stereocenters. The molecule has 1 aliphatic rings. The second-order valence-electron chi connectivity index (χ2n) is 5.73. The van der Waals surface area contributed by atoms with Gasteiger partial charge in [-0.3, -0.25) is 0 Å². The van der Waals surface area contributed by atoms with E-state index < -0.39 is 0 Å². The third-order valence-electron chi connectivity index (χ3n) is 4.25. The minimum atomic E-state index is 0.444. The summed E-state index contributed by atoms with van der Waals surface area (Å²) in [6.45, 7) is 4.31. The van der Waals surface area contributed by atoms with Crippen LogP contribution in [-0.2, 0) is 6.42 Å². The van der Waals surface area contributed by atoms with Gasteiger partial charge in [0.1, 0.15) is 5.75 Å². The minimum absolute atomic E-state index is 0.444. The standard InChI is InChI=1S/C16H25NO/c1-11-9-16(18-3)12(2)8-14(11)10-13-4-6-15(17)7-5-13/h8-9,13,15H,4-7,10,17H2,1-3H3. The average molecular weight is 247 g/mol. The summed E-state index contributed by atoms with van der Waals surface area (Å²) in [6.07, 6.45) is 6.15. The van der Waals surface area contributed by atoms with Crippen LogP contribution in [0.5, 0.6) is 5.75 Å². The Bertz CT molecular complexity index is 406. The maximum absolute atomic E-state index is 5.97. The first-order chi connectivity index (χ1) is 8.60. The van der Waals surface area contributed by atoms with Gasteiger partial charge in [0.25, 0.3) is 0 Å². The molecule has 0 bridgehead atoms. The van der Waals surface area contributed by atoms with Crippen molar-refractivity contribution in [2.45, 2.75) is 52.0 Å². The summed E-state index contributed by atoms with van der Waals surface area (Å²) in [5.74, 6) is 1.82. The van der Waals surface area contributed by atoms with E-state index in [4.69, 9.17) is 10.5 Å². The van der Waals surface area contributed by atoms with Gasteiger partial charge in [0.05, 0.1) is 7.11 Å². The lowest BCUT2D eigenvalue weighted by molar-refractivity contribution is 0.324. The zero-order chi connectivity index (χ0) is 13.1. The molecule has 2 N–H and O–H groups in total. The molecule has 1 aromatic rings. The fourth-order valence-electron chi connectivity index (χ4n) is 2.99. The first-order valence-electron chi connectivity index (χ1n) is 7.00. The van der Waals surface area contributed by atoms with E-state index in [1.165, 1.54) is 48.8 Å². The molecule has 0 radical (unpaired) electrons. The molecule has 1 fully saturated rings. The van der Waals surface area contributed by atoms with Gasteiger partial charge in [-0.25, -0.2) is 0 Å². The molecule has 0 spiro atoms. The highest BCUT2D eigenvalue weighted by Crippen LogP contribution is 2.30. The molecular formula is C16H25NO. The molecule has 0 heterocycles. The van der Waals surface area contributed by atoms with Crippen LogP contribution in [0.4, 0.5) is 0 Å². The number of hydrogen-bond acceptors (Lipinski definition) is 2. The number of hydrogen-bond donors (Lipinski definition) is 1. The Labute approximate surface area is 111 Å². The molecule has 1 aliphatic carbocycles. The van der Waals surface area contributed by atoms with Crippen LogP contribution in [0.2, 0.25) is 0 Å². The van der Waals surface area contributed by atoms with Crippen LogP contribution in [0.3, 0.4) is 0 Å². The average Bonchev–Trinajstić information content (AvgIpc) is 2.36. The minimum Gasteiger partial charge on any atom is -0.496 e. The lowest BCUT2D eigenvalue weighted by Crippen LogP contribution is -2.27. The summed E-state index contributed by atoms with van der Waals surface area (Å²) >= 11 is 0. The molecular weight excluding hydrogens is 222 g/mol. The van der Waals surface area contributed by atoms with E-state index >= 15 is 0 Å². The van der Waals surface area contributed by atoms with Crippen molar-refractivity contribution in [2.75, 3.05) is 7.11 Å². The molecule has 0 aromatic heterocycles. The molecule has 1 aromatic carbocycles. The van der Waals surface area contributed by atoms with Gasteiger partial charge < -0.3 is 10.5 Å². The summed E-state index contributed by atoms with van der Waals surface area (Å²) in [7, 11) is 1.74. The Morgan fingerprint density at radius 1 is 1.11 bits per heavy atom. The first kappa shape index (κ1) is 13.4. The van der Waals surface area contributed by atoms with Crippen LogP contribution < -0.4 is 10.5 Å². The summed E-state index contributed by atoms with van der Waals surface area (Å²) in [5, 5.41) is 0. The Morgan fingerprint density at radius 3 is 2.39 bits per heavy atom. The zero-order valence-corrected chi connectivity index (χ0v) is 11.8. The summed E-state index contributed by atoms with van der Waals surface area (Å²) < 4.78 is 5.37. The van der Waals surface area contributed by atoms with E-state index in [1.807, 2.05) is 0 Å². The monoisotopic (exact) mass is 247 g/mol. The lowest BCUT2D eigenvalue weighted by Gasteiger charge is -2.26. The number of methoxy groups -OCH3 is 1. The molecule has 18 heavy (non-hydrogen) atoms. The Balaban J connectivity index is 2.07. The Morgan fingerprint density at radius 2 is 1.78 bits per heavy atom. The van der Waals surface area contributed by atoms with Crippen molar-refractivity contribution in [3.63, 3.8) is 0 Å². The van der Waals surface area contributed by atoms with Crippen molar-refractivity contribution in [1.29, 1.82) is 0 Å². The first-order valence-corrected chi connectivity index (χ1v) is 7.00. The lowest BCUT2D eigenvalue weighted by atomic mass is 9.82. The Kier molecular flexibility index (Phi) is 4.28. The van der Waals surface area contributed by atoms with Gasteiger partial charge in [0.2, 0.25) is 0 Å². The fourth-order valence-corrected chi connectivity index (χ4v) is 2.99. The van der Waals surface area contributed by atoms with E-state index in [0.29, 0.717) is 6.04 Å². The quantitative estimate of drug-likeness (QED) is 0.888. The SMILES string of the molecule is COc1cc(C)c(CC2CCC(N)CC2)cc1C. The van der Waals surface area contributed by atoms with Crippen molar-refractivity contribution in [3.8, 4) is 5.75 Å². The van der Waals surface area contributed by atoms with Crippen LogP contribution >= 0.6 is 0 Å². The van der Waals surface area contributed by atoms with E-state index in [9.17, 15) is 0 Å². The van der Waals surface area contributed by atoms with Crippen molar-refractivity contribution >= 4 is 0 Å². The van der Waals surface area contributed by atoms with Crippen LogP contribution in [0, 0.1) is 19.8 Å². The zero-order valence-electron chi connectivity index (χ0n) is 11.8. The van der Waals surface area contributed by atoms with Gasteiger partial charge in [-0.15, -0.1) is 0 Å². The Hall–Kier alpha value is -1.02. The highest BCUT2D eigenvalue weighted by Gasteiger charge is 2.19. The normalized spacial score (nSPS) is 24.0. The van der Waals surface area contributed by atoms with Crippen molar-refractivity contribution in [1.82, 2.24) is 0 Å². The third kappa shape index (κ3) is 3.05. The second kappa shape index (κ2) is 5.75. The van der Waals surface area contributed by atoms with E-state index in [-0.39, 0.29) is 0 Å². The summed E-state index contributed by atoms with van der Waals surface area (Å²) in [4.78, 5) is 0. The van der Waals surface area contributed by atoms with Crippen LogP contribution in [0.15, 0.2) is 12.1 Å². The molecule has 0 saturated heterocycles. The second-order valence-corrected chi connectivity index (χ2v) is 5.73. The molecule has 0 amide bonds. The van der Waals surface area contributed by atoms with E-state index in [2.05, 4.69) is 26.0 Å². The topological polar surface area (TPSA) is 35.2 Å². The van der Waals surface area contributed by atoms with Crippen LogP contribution in [0.1, 0.15) is 42.4 Å². The molecule has 0 unspecified atom stereocenters. The number of benzene rings is 1. The fraction of sp³-hybridized carbons (Fsp3) is 0.625. The highest BCUT2D eigenvalue weighted by atomic mass is 16.5. The summed E-state index contributed by atoms with van der Waals surface area (Å²) in [5.41, 5.74) is 10.0. The van der Waals surface area contributed by atoms with Crippen molar-refractivity contribution in [3.05, 3.63) is 28.8 Å². The van der Waals surface area contributed by atoms with Crippen LogP contribution in [-0.4, -0.2) is 13.2 Å². The van der Waals surface area contributed by atoms with Crippen molar-refractivity contribution in [2.24, 2.45) is 11.7 Å². The number of nitrogens with two attached hydrogens (primary N) is 1. The molecule has 2 nitrogen and oxygen atoms in total. The van der Waals surface area contributed by atoms with Gasteiger partial charge in [0.15, 0.2) is 0 Å². The third-order valence-corrected chi connectivity index (χ3v) is 4.25. The molecule has 2 heteroatoms. The molecule has 0 aliphatic heterocycles. The maximum Gasteiger partial charge on any atom is 0.122 e. The van der Waals surface area contributed by atoms with Gasteiger partial charge >= 0.3 is 0 Å². The summed E-state index contributed by atoms with van der Waals surface area (Å²) in [6, 6.07) is 4.90. The smallest absolute Gasteiger partial charge is 0.122 e. The number of aryl methyl sites for hydroxylation is 2. The maximum atomic E-state index is 5.97. The van der Waals surface area contributed by atoms with Crippen molar-refractivity contribution < 1.29 is 4.74 Å². The van der Waals surface area contributed by atoms with Gasteiger partial charge in [-0.2, -0.15) is 0 Å². The van der Waals surface area contributed by atoms with Gasteiger partial charge in [0, 0.05) is 6.04 Å². The number of ether oxygens (including phenoxy) is 1. The van der Waals surface area contributed by atoms with Crippen LogP contribution in [0.25, 0.3) is 0 Å². The predicted molar refractivity (Wildman–Crippen MR) is 76.1 cm³/mol. The number of rotatable bonds is 3.